The smallest absolute Gasteiger partial charge is 0.230 e. The predicted octanol–water partition coefficient (Wildman–Crippen LogP) is 3.49. The summed E-state index contributed by atoms with van der Waals surface area (Å²) in [5.41, 5.74) is 2.00. The lowest BCUT2D eigenvalue weighted by Crippen LogP contribution is -2.32. The van der Waals surface area contributed by atoms with Gasteiger partial charge in [0.1, 0.15) is 5.83 Å². The summed E-state index contributed by atoms with van der Waals surface area (Å²) in [5, 5.41) is 2.74. The van der Waals surface area contributed by atoms with Crippen LogP contribution in [-0.4, -0.2) is 13.0 Å². The zero-order valence-electron chi connectivity index (χ0n) is 11.6. The molecule has 2 aliphatic carbocycles. The highest BCUT2D eigenvalue weighted by Gasteiger charge is 2.52. The molecule has 0 aliphatic heterocycles. The summed E-state index contributed by atoms with van der Waals surface area (Å²) in [7, 11) is 1.66. The highest BCUT2D eigenvalue weighted by atomic mass is 19.1. The van der Waals surface area contributed by atoms with Crippen LogP contribution >= 0.6 is 0 Å². The van der Waals surface area contributed by atoms with Gasteiger partial charge in [0, 0.05) is 12.6 Å². The molecule has 1 amide bonds. The van der Waals surface area contributed by atoms with E-state index >= 15 is 0 Å². The molecule has 3 rings (SSSR count). The number of carbonyl (C=O) groups excluding carboxylic acids is 1. The first-order valence-corrected chi connectivity index (χ1v) is 7.07. The van der Waals surface area contributed by atoms with E-state index in [-0.39, 0.29) is 11.7 Å². The first-order chi connectivity index (χ1) is 9.69. The molecule has 0 spiro atoms. The normalized spacial score (nSPS) is 19.9. The number of halogens is 1. The molecule has 1 N–H and O–H groups in total. The van der Waals surface area contributed by atoms with Crippen LogP contribution in [0.4, 0.5) is 4.39 Å². The van der Waals surface area contributed by atoms with Crippen molar-refractivity contribution in [2.45, 2.75) is 31.1 Å². The Labute approximate surface area is 118 Å². The Bertz CT molecular complexity index is 611. The first-order valence-electron chi connectivity index (χ1n) is 7.07. The summed E-state index contributed by atoms with van der Waals surface area (Å²) in [4.78, 5) is 12.2. The minimum Gasteiger partial charge on any atom is -0.358 e. The van der Waals surface area contributed by atoms with E-state index < -0.39 is 5.41 Å². The fraction of sp³-hybridized carbons (Fsp3) is 0.353. The number of rotatable bonds is 3. The van der Waals surface area contributed by atoms with Crippen LogP contribution in [0.3, 0.4) is 0 Å². The summed E-state index contributed by atoms with van der Waals surface area (Å²) in [6.45, 7) is 0. The van der Waals surface area contributed by atoms with Gasteiger partial charge in [-0.2, -0.15) is 0 Å². The largest absolute Gasteiger partial charge is 0.358 e. The Morgan fingerprint density at radius 1 is 1.20 bits per heavy atom. The van der Waals surface area contributed by atoms with Crippen molar-refractivity contribution in [3.05, 3.63) is 53.4 Å². The predicted molar refractivity (Wildman–Crippen MR) is 77.8 cm³/mol. The zero-order chi connectivity index (χ0) is 14.2. The Kier molecular flexibility index (Phi) is 3.20. The summed E-state index contributed by atoms with van der Waals surface area (Å²) in [6, 6.07) is 7.71. The maximum Gasteiger partial charge on any atom is 0.230 e. The fourth-order valence-electron chi connectivity index (χ4n) is 3.00. The number of benzene rings is 1. The van der Waals surface area contributed by atoms with Gasteiger partial charge in [0.25, 0.3) is 0 Å². The van der Waals surface area contributed by atoms with Crippen molar-refractivity contribution in [2.75, 3.05) is 7.05 Å². The number of allylic oxidation sites excluding steroid dienone is 4. The molecule has 104 valence electrons. The molecular formula is C17H18FNO. The van der Waals surface area contributed by atoms with Crippen LogP contribution in [0.15, 0.2) is 42.2 Å². The zero-order valence-corrected chi connectivity index (χ0v) is 11.6. The molecule has 1 aromatic carbocycles. The van der Waals surface area contributed by atoms with Gasteiger partial charge in [0.2, 0.25) is 5.91 Å². The summed E-state index contributed by atoms with van der Waals surface area (Å²) < 4.78 is 14.1. The average Bonchev–Trinajstić information content (AvgIpc) is 3.29. The van der Waals surface area contributed by atoms with Gasteiger partial charge in [-0.3, -0.25) is 4.79 Å². The molecule has 0 saturated heterocycles. The topological polar surface area (TPSA) is 29.1 Å². The second kappa shape index (κ2) is 4.89. The van der Waals surface area contributed by atoms with Gasteiger partial charge < -0.3 is 5.32 Å². The molecule has 0 heterocycles. The molecule has 2 aliphatic rings. The SMILES string of the molecule is CNC(=O)C1(c2ccccc2C2=CCCC=C2F)CC1. The number of nitrogens with one attached hydrogen (secondary N) is 1. The second-order valence-corrected chi connectivity index (χ2v) is 5.45. The van der Waals surface area contributed by atoms with E-state index in [0.29, 0.717) is 5.57 Å². The van der Waals surface area contributed by atoms with E-state index in [2.05, 4.69) is 5.32 Å². The van der Waals surface area contributed by atoms with Gasteiger partial charge >= 0.3 is 0 Å². The van der Waals surface area contributed by atoms with Gasteiger partial charge in [-0.05, 0) is 42.9 Å². The average molecular weight is 271 g/mol. The van der Waals surface area contributed by atoms with E-state index in [1.54, 1.807) is 13.1 Å². The summed E-state index contributed by atoms with van der Waals surface area (Å²) in [6.07, 6.45) is 6.84. The Morgan fingerprint density at radius 3 is 2.55 bits per heavy atom. The van der Waals surface area contributed by atoms with Crippen LogP contribution in [0.1, 0.15) is 36.8 Å². The van der Waals surface area contributed by atoms with Gasteiger partial charge in [-0.1, -0.05) is 30.3 Å². The Hall–Kier alpha value is -1.90. The summed E-state index contributed by atoms with van der Waals surface area (Å²) in [5.74, 6) is -0.137. The van der Waals surface area contributed by atoms with Crippen molar-refractivity contribution >= 4 is 11.5 Å². The van der Waals surface area contributed by atoms with E-state index in [1.807, 2.05) is 30.3 Å². The third kappa shape index (κ3) is 1.98. The number of hydrogen-bond donors (Lipinski definition) is 1. The quantitative estimate of drug-likeness (QED) is 0.895. The second-order valence-electron chi connectivity index (χ2n) is 5.45. The number of likely N-dealkylation sites (N-methyl/N-ethyl adjacent to an activating group) is 1. The van der Waals surface area contributed by atoms with E-state index in [4.69, 9.17) is 0 Å². The van der Waals surface area contributed by atoms with Gasteiger partial charge in [0.05, 0.1) is 5.41 Å². The van der Waals surface area contributed by atoms with Crippen LogP contribution in [-0.2, 0) is 10.2 Å². The van der Waals surface area contributed by atoms with E-state index in [1.165, 1.54) is 0 Å². The lowest BCUT2D eigenvalue weighted by atomic mass is 9.85. The lowest BCUT2D eigenvalue weighted by Gasteiger charge is -2.20. The minimum absolute atomic E-state index is 0.0331. The number of amides is 1. The van der Waals surface area contributed by atoms with Crippen LogP contribution in [0, 0.1) is 0 Å². The van der Waals surface area contributed by atoms with Crippen molar-refractivity contribution in [3.63, 3.8) is 0 Å². The highest BCUT2D eigenvalue weighted by Crippen LogP contribution is 2.51. The van der Waals surface area contributed by atoms with Crippen LogP contribution in [0.25, 0.3) is 5.57 Å². The molecule has 0 unspecified atom stereocenters. The molecule has 0 bridgehead atoms. The van der Waals surface area contributed by atoms with Crippen molar-refractivity contribution in [2.24, 2.45) is 0 Å². The van der Waals surface area contributed by atoms with Gasteiger partial charge in [0.15, 0.2) is 0 Å². The first kappa shape index (κ1) is 13.1. The molecule has 3 heteroatoms. The number of carbonyl (C=O) groups is 1. The van der Waals surface area contributed by atoms with Gasteiger partial charge in [-0.25, -0.2) is 4.39 Å². The Balaban J connectivity index is 2.08. The number of hydrogen-bond acceptors (Lipinski definition) is 1. The van der Waals surface area contributed by atoms with E-state index in [9.17, 15) is 9.18 Å². The Morgan fingerprint density at radius 2 is 1.90 bits per heavy atom. The molecular weight excluding hydrogens is 253 g/mol. The molecule has 20 heavy (non-hydrogen) atoms. The van der Waals surface area contributed by atoms with Crippen LogP contribution in [0.2, 0.25) is 0 Å². The molecule has 2 nitrogen and oxygen atoms in total. The standard InChI is InChI=1S/C17H18FNO/c1-19-16(20)17(10-11-17)14-8-4-2-6-12(14)13-7-3-5-9-15(13)18/h2,4,6-9H,3,5,10-11H2,1H3,(H,19,20). The molecule has 0 aromatic heterocycles. The molecule has 1 fully saturated rings. The molecule has 0 radical (unpaired) electrons. The van der Waals surface area contributed by atoms with Crippen molar-refractivity contribution in [3.8, 4) is 0 Å². The molecule has 1 saturated carbocycles. The summed E-state index contributed by atoms with van der Waals surface area (Å²) >= 11 is 0. The van der Waals surface area contributed by atoms with Crippen LogP contribution in [0.5, 0.6) is 0 Å². The fourth-order valence-corrected chi connectivity index (χ4v) is 3.00. The maximum absolute atomic E-state index is 14.1. The monoisotopic (exact) mass is 271 g/mol. The third-order valence-corrected chi connectivity index (χ3v) is 4.24. The minimum atomic E-state index is -0.454. The van der Waals surface area contributed by atoms with E-state index in [0.717, 1.165) is 36.8 Å². The van der Waals surface area contributed by atoms with Crippen molar-refractivity contribution < 1.29 is 9.18 Å². The molecule has 0 atom stereocenters. The highest BCUT2D eigenvalue weighted by molar-refractivity contribution is 5.94. The van der Waals surface area contributed by atoms with Crippen molar-refractivity contribution in [1.29, 1.82) is 0 Å². The van der Waals surface area contributed by atoms with Crippen molar-refractivity contribution in [1.82, 2.24) is 5.32 Å². The maximum atomic E-state index is 14.1. The van der Waals surface area contributed by atoms with Gasteiger partial charge in [-0.15, -0.1) is 0 Å². The lowest BCUT2D eigenvalue weighted by molar-refractivity contribution is -0.123. The van der Waals surface area contributed by atoms with Crippen LogP contribution < -0.4 is 5.32 Å². The third-order valence-electron chi connectivity index (χ3n) is 4.24. The molecule has 1 aromatic rings.